The highest BCUT2D eigenvalue weighted by atomic mass is 32.2. The fraction of sp³-hybridized carbons (Fsp3) is 0.412. The third-order valence-electron chi connectivity index (χ3n) is 4.36. The molecule has 8 heteroatoms. The Morgan fingerprint density at radius 3 is 2.40 bits per heavy atom. The molecule has 1 saturated heterocycles. The van der Waals surface area contributed by atoms with E-state index in [9.17, 15) is 13.2 Å². The Morgan fingerprint density at radius 2 is 1.84 bits per heavy atom. The van der Waals surface area contributed by atoms with Gasteiger partial charge in [0, 0.05) is 24.7 Å². The number of hydrogen-bond acceptors (Lipinski definition) is 5. The molecule has 2 heterocycles. The molecule has 1 aliphatic rings. The normalized spacial score (nSPS) is 16.2. The number of nitrogens with one attached hydrogen (secondary N) is 1. The van der Waals surface area contributed by atoms with Crippen LogP contribution in [-0.2, 0) is 10.0 Å². The number of benzene rings is 1. The van der Waals surface area contributed by atoms with Gasteiger partial charge >= 0.3 is 0 Å². The summed E-state index contributed by atoms with van der Waals surface area (Å²) in [5.41, 5.74) is 0.999. The molecular weight excluding hydrogens is 342 g/mol. The first-order chi connectivity index (χ1) is 11.9. The number of carbonyl (C=O) groups is 1. The number of carbonyl (C=O) groups excluding carboxylic acids is 1. The highest BCUT2D eigenvalue weighted by molar-refractivity contribution is 7.89. The SMILES string of the molecule is Cc1noc(C)c1S(=O)(=O)NC1CCN(C(=O)c2ccccc2)CC1. The van der Waals surface area contributed by atoms with Crippen LogP contribution in [0.3, 0.4) is 0 Å². The van der Waals surface area contributed by atoms with Gasteiger partial charge in [0.2, 0.25) is 10.0 Å². The van der Waals surface area contributed by atoms with Crippen LogP contribution in [0.4, 0.5) is 0 Å². The zero-order chi connectivity index (χ0) is 18.0. The highest BCUT2D eigenvalue weighted by Gasteiger charge is 2.30. The van der Waals surface area contributed by atoms with Gasteiger partial charge in [0.25, 0.3) is 5.91 Å². The second-order valence-electron chi connectivity index (χ2n) is 6.21. The van der Waals surface area contributed by atoms with Gasteiger partial charge in [0.1, 0.15) is 10.6 Å². The van der Waals surface area contributed by atoms with Crippen LogP contribution in [-0.4, -0.2) is 43.5 Å². The van der Waals surface area contributed by atoms with Gasteiger partial charge in [-0.05, 0) is 38.8 Å². The van der Waals surface area contributed by atoms with Crippen molar-refractivity contribution in [2.45, 2.75) is 37.6 Å². The topological polar surface area (TPSA) is 92.5 Å². The largest absolute Gasteiger partial charge is 0.360 e. The summed E-state index contributed by atoms with van der Waals surface area (Å²) in [6.45, 7) is 4.22. The molecule has 1 aliphatic heterocycles. The molecule has 2 aromatic rings. The van der Waals surface area contributed by atoms with Gasteiger partial charge < -0.3 is 9.42 Å². The van der Waals surface area contributed by atoms with Crippen LogP contribution in [0.25, 0.3) is 0 Å². The summed E-state index contributed by atoms with van der Waals surface area (Å²) < 4.78 is 32.8. The van der Waals surface area contributed by atoms with Crippen molar-refractivity contribution in [2.75, 3.05) is 13.1 Å². The Bertz CT molecular complexity index is 834. The summed E-state index contributed by atoms with van der Waals surface area (Å²) in [4.78, 5) is 14.3. The van der Waals surface area contributed by atoms with Crippen LogP contribution < -0.4 is 4.72 Å². The van der Waals surface area contributed by atoms with Gasteiger partial charge in [-0.1, -0.05) is 23.4 Å². The van der Waals surface area contributed by atoms with Crippen molar-refractivity contribution in [3.8, 4) is 0 Å². The summed E-state index contributed by atoms with van der Waals surface area (Å²) >= 11 is 0. The van der Waals surface area contributed by atoms with Crippen LogP contribution in [0.15, 0.2) is 39.8 Å². The number of rotatable bonds is 4. The van der Waals surface area contributed by atoms with Crippen LogP contribution >= 0.6 is 0 Å². The van der Waals surface area contributed by atoms with Gasteiger partial charge in [0.05, 0.1) is 0 Å². The fourth-order valence-corrected chi connectivity index (χ4v) is 4.73. The first-order valence-electron chi connectivity index (χ1n) is 8.18. The molecule has 0 unspecified atom stereocenters. The molecule has 0 spiro atoms. The number of piperidine rings is 1. The monoisotopic (exact) mass is 363 g/mol. The summed E-state index contributed by atoms with van der Waals surface area (Å²) in [6, 6.07) is 8.89. The second-order valence-corrected chi connectivity index (χ2v) is 7.86. The molecule has 25 heavy (non-hydrogen) atoms. The molecule has 134 valence electrons. The predicted molar refractivity (Wildman–Crippen MR) is 91.7 cm³/mol. The molecule has 0 saturated carbocycles. The van der Waals surface area contributed by atoms with E-state index in [0.29, 0.717) is 37.2 Å². The Balaban J connectivity index is 1.62. The lowest BCUT2D eigenvalue weighted by Gasteiger charge is -2.32. The molecule has 0 radical (unpaired) electrons. The van der Waals surface area contributed by atoms with E-state index in [4.69, 9.17) is 4.52 Å². The number of sulfonamides is 1. The van der Waals surface area contributed by atoms with Crippen LogP contribution in [0.5, 0.6) is 0 Å². The maximum absolute atomic E-state index is 12.5. The Morgan fingerprint density at radius 1 is 1.20 bits per heavy atom. The standard InChI is InChI=1S/C17H21N3O4S/c1-12-16(13(2)24-18-12)25(22,23)19-15-8-10-20(11-9-15)17(21)14-6-4-3-5-7-14/h3-7,15,19H,8-11H2,1-2H3. The summed E-state index contributed by atoms with van der Waals surface area (Å²) in [5.74, 6) is 0.259. The van der Waals surface area contributed by atoms with Crippen LogP contribution in [0.1, 0.15) is 34.7 Å². The summed E-state index contributed by atoms with van der Waals surface area (Å²) in [7, 11) is -3.68. The summed E-state index contributed by atoms with van der Waals surface area (Å²) in [6.07, 6.45) is 1.14. The van der Waals surface area contributed by atoms with Crippen molar-refractivity contribution < 1.29 is 17.7 Å². The van der Waals surface area contributed by atoms with E-state index in [-0.39, 0.29) is 22.6 Å². The smallest absolute Gasteiger partial charge is 0.253 e. The fourth-order valence-electron chi connectivity index (χ4n) is 3.10. The average molecular weight is 363 g/mol. The Labute approximate surface area is 147 Å². The van der Waals surface area contributed by atoms with Gasteiger partial charge in [-0.15, -0.1) is 0 Å². The molecule has 3 rings (SSSR count). The van der Waals surface area contributed by atoms with E-state index >= 15 is 0 Å². The lowest BCUT2D eigenvalue weighted by molar-refractivity contribution is 0.0711. The quantitative estimate of drug-likeness (QED) is 0.895. The zero-order valence-electron chi connectivity index (χ0n) is 14.2. The molecule has 1 aromatic heterocycles. The zero-order valence-corrected chi connectivity index (χ0v) is 15.0. The minimum atomic E-state index is -3.68. The van der Waals surface area contributed by atoms with E-state index in [1.165, 1.54) is 0 Å². The molecule has 1 N–H and O–H groups in total. The lowest BCUT2D eigenvalue weighted by Crippen LogP contribution is -2.46. The van der Waals surface area contributed by atoms with Crippen molar-refractivity contribution in [3.05, 3.63) is 47.3 Å². The van der Waals surface area contributed by atoms with Gasteiger partial charge in [-0.25, -0.2) is 13.1 Å². The molecule has 0 atom stereocenters. The molecule has 1 aromatic carbocycles. The van der Waals surface area contributed by atoms with E-state index < -0.39 is 10.0 Å². The van der Waals surface area contributed by atoms with Crippen molar-refractivity contribution in [3.63, 3.8) is 0 Å². The maximum Gasteiger partial charge on any atom is 0.253 e. The lowest BCUT2D eigenvalue weighted by atomic mass is 10.0. The summed E-state index contributed by atoms with van der Waals surface area (Å²) in [5, 5.41) is 3.70. The number of hydrogen-bond donors (Lipinski definition) is 1. The molecule has 0 aliphatic carbocycles. The minimum absolute atomic E-state index is 0.0207. The van der Waals surface area contributed by atoms with Crippen molar-refractivity contribution in [1.82, 2.24) is 14.8 Å². The highest BCUT2D eigenvalue weighted by Crippen LogP contribution is 2.21. The molecular formula is C17H21N3O4S. The van der Waals surface area contributed by atoms with Crippen LogP contribution in [0.2, 0.25) is 0 Å². The maximum atomic E-state index is 12.5. The number of aromatic nitrogens is 1. The molecule has 0 bridgehead atoms. The molecule has 1 amide bonds. The average Bonchev–Trinajstić information content (AvgIpc) is 2.95. The number of likely N-dealkylation sites (tertiary alicyclic amines) is 1. The van der Waals surface area contributed by atoms with Crippen molar-refractivity contribution in [1.29, 1.82) is 0 Å². The number of amides is 1. The molecule has 7 nitrogen and oxygen atoms in total. The Kier molecular flexibility index (Phi) is 4.91. The Hall–Kier alpha value is -2.19. The van der Waals surface area contributed by atoms with Crippen LogP contribution in [0, 0.1) is 13.8 Å². The predicted octanol–water partition coefficient (Wildman–Crippen LogP) is 1.87. The third-order valence-corrected chi connectivity index (χ3v) is 6.13. The molecule has 1 fully saturated rings. The third kappa shape index (κ3) is 3.74. The van der Waals surface area contributed by atoms with E-state index in [1.54, 1.807) is 30.9 Å². The van der Waals surface area contributed by atoms with E-state index in [2.05, 4.69) is 9.88 Å². The second kappa shape index (κ2) is 6.97. The number of nitrogens with zero attached hydrogens (tertiary/aromatic N) is 2. The first-order valence-corrected chi connectivity index (χ1v) is 9.66. The van der Waals surface area contributed by atoms with Gasteiger partial charge in [-0.3, -0.25) is 4.79 Å². The van der Waals surface area contributed by atoms with E-state index in [1.807, 2.05) is 18.2 Å². The van der Waals surface area contributed by atoms with Crippen molar-refractivity contribution >= 4 is 15.9 Å². The van der Waals surface area contributed by atoms with E-state index in [0.717, 1.165) is 0 Å². The first kappa shape index (κ1) is 17.6. The van der Waals surface area contributed by atoms with Gasteiger partial charge in [-0.2, -0.15) is 0 Å². The minimum Gasteiger partial charge on any atom is -0.360 e. The number of aryl methyl sites for hydroxylation is 2. The van der Waals surface area contributed by atoms with Gasteiger partial charge in [0.15, 0.2) is 5.76 Å². The van der Waals surface area contributed by atoms with Crippen molar-refractivity contribution in [2.24, 2.45) is 0 Å².